The van der Waals surface area contributed by atoms with E-state index in [0.717, 1.165) is 16.8 Å². The maximum Gasteiger partial charge on any atom is 0.246 e. The summed E-state index contributed by atoms with van der Waals surface area (Å²) in [5, 5.41) is 11.2. The molecule has 142 valence electrons. The highest BCUT2D eigenvalue weighted by Crippen LogP contribution is 2.20. The molecule has 1 amide bonds. The summed E-state index contributed by atoms with van der Waals surface area (Å²) in [7, 11) is 0. The minimum Gasteiger partial charge on any atom is -0.366 e. The number of hydrogen-bond acceptors (Lipinski definition) is 5. The molecule has 8 heteroatoms. The predicted molar refractivity (Wildman–Crippen MR) is 108 cm³/mol. The quantitative estimate of drug-likeness (QED) is 0.558. The third kappa shape index (κ3) is 3.71. The van der Waals surface area contributed by atoms with Crippen LogP contribution in [0.3, 0.4) is 0 Å². The molecule has 3 N–H and O–H groups in total. The molecule has 3 aromatic heterocycles. The molecular weight excluding hydrogens is 354 g/mol. The number of carbonyl (C=O) groups is 1. The Hall–Kier alpha value is -3.68. The first kappa shape index (κ1) is 17.7. The van der Waals surface area contributed by atoms with Crippen LogP contribution in [0.5, 0.6) is 0 Å². The van der Waals surface area contributed by atoms with Gasteiger partial charge in [-0.25, -0.2) is 4.52 Å². The molecule has 0 aliphatic rings. The van der Waals surface area contributed by atoms with Gasteiger partial charge in [-0.1, -0.05) is 26.0 Å². The van der Waals surface area contributed by atoms with Gasteiger partial charge < -0.3 is 11.1 Å². The number of hydrogen-bond donors (Lipinski definition) is 2. The predicted octanol–water partition coefficient (Wildman–Crippen LogP) is 2.94. The zero-order valence-corrected chi connectivity index (χ0v) is 15.7. The number of carbonyl (C=O) groups excluding carboxylic acids is 1. The van der Waals surface area contributed by atoms with Crippen molar-refractivity contribution in [2.24, 2.45) is 0 Å². The number of pyridine rings is 1. The SMILES string of the molecule is CC(C)c1ccc(NC(=O)Cn2cc(-c3ccn4nc(N)nc4c3)cn2)cc1. The fourth-order valence-corrected chi connectivity index (χ4v) is 2.98. The lowest BCUT2D eigenvalue weighted by Crippen LogP contribution is -2.18. The van der Waals surface area contributed by atoms with Crippen LogP contribution in [-0.4, -0.2) is 30.3 Å². The molecule has 1 aromatic carbocycles. The average Bonchev–Trinajstić information content (AvgIpc) is 3.26. The molecule has 28 heavy (non-hydrogen) atoms. The molecule has 4 rings (SSSR count). The van der Waals surface area contributed by atoms with Crippen LogP contribution in [0.2, 0.25) is 0 Å². The van der Waals surface area contributed by atoms with E-state index >= 15 is 0 Å². The van der Waals surface area contributed by atoms with Gasteiger partial charge in [0.2, 0.25) is 11.9 Å². The first-order valence-electron chi connectivity index (χ1n) is 9.02. The van der Waals surface area contributed by atoms with Crippen LogP contribution in [0.15, 0.2) is 55.0 Å². The summed E-state index contributed by atoms with van der Waals surface area (Å²) in [4.78, 5) is 16.5. The van der Waals surface area contributed by atoms with Gasteiger partial charge in [-0.3, -0.25) is 9.48 Å². The van der Waals surface area contributed by atoms with Gasteiger partial charge in [-0.15, -0.1) is 5.10 Å². The van der Waals surface area contributed by atoms with Gasteiger partial charge in [-0.2, -0.15) is 10.1 Å². The van der Waals surface area contributed by atoms with Crippen molar-refractivity contribution in [2.45, 2.75) is 26.3 Å². The number of nitrogens with one attached hydrogen (secondary N) is 1. The van der Waals surface area contributed by atoms with Gasteiger partial charge >= 0.3 is 0 Å². The van der Waals surface area contributed by atoms with Gasteiger partial charge in [0.1, 0.15) is 6.54 Å². The van der Waals surface area contributed by atoms with Crippen molar-refractivity contribution in [3.05, 3.63) is 60.6 Å². The van der Waals surface area contributed by atoms with Crippen LogP contribution >= 0.6 is 0 Å². The summed E-state index contributed by atoms with van der Waals surface area (Å²) in [6, 6.07) is 11.7. The topological polar surface area (TPSA) is 103 Å². The summed E-state index contributed by atoms with van der Waals surface area (Å²) in [6.45, 7) is 4.41. The van der Waals surface area contributed by atoms with E-state index in [1.54, 1.807) is 21.6 Å². The highest BCUT2D eigenvalue weighted by molar-refractivity contribution is 5.90. The van der Waals surface area contributed by atoms with Crippen molar-refractivity contribution in [1.29, 1.82) is 0 Å². The van der Waals surface area contributed by atoms with E-state index in [0.29, 0.717) is 11.6 Å². The molecule has 8 nitrogen and oxygen atoms in total. The summed E-state index contributed by atoms with van der Waals surface area (Å²) in [5.74, 6) is 0.555. The maximum atomic E-state index is 12.3. The number of nitrogen functional groups attached to an aromatic ring is 1. The molecule has 0 aliphatic heterocycles. The van der Waals surface area contributed by atoms with Gasteiger partial charge in [0, 0.05) is 23.6 Å². The molecule has 0 bridgehead atoms. The lowest BCUT2D eigenvalue weighted by Gasteiger charge is -2.08. The number of fused-ring (bicyclic) bond motifs is 1. The van der Waals surface area contributed by atoms with Crippen molar-refractivity contribution >= 4 is 23.2 Å². The monoisotopic (exact) mass is 375 g/mol. The molecule has 0 fully saturated rings. The number of aromatic nitrogens is 5. The van der Waals surface area contributed by atoms with Crippen molar-refractivity contribution in [2.75, 3.05) is 11.1 Å². The van der Waals surface area contributed by atoms with Crippen LogP contribution in [0, 0.1) is 0 Å². The Morgan fingerprint density at radius 1 is 1.18 bits per heavy atom. The molecule has 0 radical (unpaired) electrons. The standard InChI is InChI=1S/C20H21N7O/c1-13(2)14-3-5-17(6-4-14)23-19(28)12-26-11-16(10-22-26)15-7-8-27-18(9-15)24-20(21)25-27/h3-11,13H,12H2,1-2H3,(H2,21,25)(H,23,28). The molecule has 0 saturated heterocycles. The van der Waals surface area contributed by atoms with E-state index in [1.165, 1.54) is 5.56 Å². The highest BCUT2D eigenvalue weighted by Gasteiger charge is 2.09. The van der Waals surface area contributed by atoms with Gasteiger partial charge in [0.25, 0.3) is 0 Å². The Kier molecular flexibility index (Phi) is 4.52. The molecule has 3 heterocycles. The number of rotatable bonds is 5. The number of nitrogens with zero attached hydrogens (tertiary/aromatic N) is 5. The third-order valence-corrected chi connectivity index (χ3v) is 4.49. The molecule has 0 spiro atoms. The van der Waals surface area contributed by atoms with Crippen LogP contribution in [0.4, 0.5) is 11.6 Å². The second-order valence-corrected chi connectivity index (χ2v) is 6.94. The van der Waals surface area contributed by atoms with Gasteiger partial charge in [-0.05, 0) is 41.3 Å². The molecular formula is C20H21N7O. The van der Waals surface area contributed by atoms with E-state index < -0.39 is 0 Å². The lowest BCUT2D eigenvalue weighted by molar-refractivity contribution is -0.116. The number of nitrogens with two attached hydrogens (primary N) is 1. The minimum atomic E-state index is -0.132. The van der Waals surface area contributed by atoms with Crippen LogP contribution in [0.25, 0.3) is 16.8 Å². The molecule has 0 atom stereocenters. The van der Waals surface area contributed by atoms with Crippen molar-refractivity contribution in [3.8, 4) is 11.1 Å². The van der Waals surface area contributed by atoms with Crippen LogP contribution < -0.4 is 11.1 Å². The maximum absolute atomic E-state index is 12.3. The second-order valence-electron chi connectivity index (χ2n) is 6.94. The van der Waals surface area contributed by atoms with Crippen LogP contribution in [0.1, 0.15) is 25.3 Å². The third-order valence-electron chi connectivity index (χ3n) is 4.49. The van der Waals surface area contributed by atoms with Crippen LogP contribution in [-0.2, 0) is 11.3 Å². The fraction of sp³-hybridized carbons (Fsp3) is 0.200. The number of amides is 1. The minimum absolute atomic E-state index is 0.131. The Morgan fingerprint density at radius 2 is 1.96 bits per heavy atom. The Morgan fingerprint density at radius 3 is 2.71 bits per heavy atom. The molecule has 0 unspecified atom stereocenters. The Labute approximate surface area is 162 Å². The van der Waals surface area contributed by atoms with Crippen molar-refractivity contribution in [3.63, 3.8) is 0 Å². The molecule has 4 aromatic rings. The molecule has 0 aliphatic carbocycles. The molecule has 0 saturated carbocycles. The number of anilines is 2. The normalized spacial score (nSPS) is 11.2. The van der Waals surface area contributed by atoms with Gasteiger partial charge in [0.05, 0.1) is 6.20 Å². The summed E-state index contributed by atoms with van der Waals surface area (Å²) >= 11 is 0. The lowest BCUT2D eigenvalue weighted by atomic mass is 10.0. The van der Waals surface area contributed by atoms with E-state index in [9.17, 15) is 4.79 Å². The van der Waals surface area contributed by atoms with E-state index in [4.69, 9.17) is 5.73 Å². The first-order valence-corrected chi connectivity index (χ1v) is 9.02. The fourth-order valence-electron chi connectivity index (χ4n) is 2.98. The van der Waals surface area contributed by atoms with Crippen molar-refractivity contribution in [1.82, 2.24) is 24.4 Å². The Balaban J connectivity index is 1.44. The smallest absolute Gasteiger partial charge is 0.246 e. The Bertz CT molecular complexity index is 1130. The second kappa shape index (κ2) is 7.15. The van der Waals surface area contributed by atoms with Crippen molar-refractivity contribution < 1.29 is 4.79 Å². The summed E-state index contributed by atoms with van der Waals surface area (Å²) in [5.41, 5.74) is 10.1. The number of benzene rings is 1. The summed E-state index contributed by atoms with van der Waals surface area (Å²) in [6.07, 6.45) is 5.34. The zero-order valence-electron chi connectivity index (χ0n) is 15.7. The summed E-state index contributed by atoms with van der Waals surface area (Å²) < 4.78 is 3.22. The largest absolute Gasteiger partial charge is 0.366 e. The van der Waals surface area contributed by atoms with Gasteiger partial charge in [0.15, 0.2) is 5.65 Å². The highest BCUT2D eigenvalue weighted by atomic mass is 16.2. The average molecular weight is 375 g/mol. The van der Waals surface area contributed by atoms with E-state index in [1.807, 2.05) is 42.6 Å². The first-order chi connectivity index (χ1) is 13.5. The van der Waals surface area contributed by atoms with E-state index in [2.05, 4.69) is 34.3 Å². The van der Waals surface area contributed by atoms with E-state index in [-0.39, 0.29) is 18.4 Å². The zero-order chi connectivity index (χ0) is 19.7.